The number of allylic oxidation sites excluding steroid dienone is 1. The van der Waals surface area contributed by atoms with E-state index in [4.69, 9.17) is 16.3 Å². The molecule has 0 aliphatic rings. The molecule has 0 unspecified atom stereocenters. The van der Waals surface area contributed by atoms with Crippen molar-refractivity contribution in [1.29, 1.82) is 0 Å². The molecule has 3 rings (SSSR count). The summed E-state index contributed by atoms with van der Waals surface area (Å²) in [7, 11) is 1.54. The van der Waals surface area contributed by atoms with Gasteiger partial charge in [0.2, 0.25) is 5.91 Å². The van der Waals surface area contributed by atoms with E-state index in [1.54, 1.807) is 31.4 Å². The minimum Gasteiger partial charge on any atom is -0.495 e. The van der Waals surface area contributed by atoms with E-state index in [0.29, 0.717) is 28.2 Å². The van der Waals surface area contributed by atoms with Crippen molar-refractivity contribution in [3.8, 4) is 17.1 Å². The highest BCUT2D eigenvalue weighted by Gasteiger charge is 2.16. The molecule has 1 amide bonds. The van der Waals surface area contributed by atoms with Crippen LogP contribution in [0.2, 0.25) is 5.02 Å². The maximum atomic E-state index is 12.6. The van der Waals surface area contributed by atoms with E-state index < -0.39 is 0 Å². The zero-order valence-corrected chi connectivity index (χ0v) is 20.6. The first-order valence-corrected chi connectivity index (χ1v) is 12.0. The number of aromatic nitrogens is 3. The monoisotopic (exact) mass is 485 g/mol. The van der Waals surface area contributed by atoms with Crippen molar-refractivity contribution in [2.45, 2.75) is 25.5 Å². The molecule has 0 aliphatic heterocycles. The van der Waals surface area contributed by atoms with E-state index in [-0.39, 0.29) is 11.7 Å². The average Bonchev–Trinajstić information content (AvgIpc) is 3.22. The molecule has 1 aromatic heterocycles. The third-order valence-corrected chi connectivity index (χ3v) is 6.25. The number of rotatable bonds is 11. The number of anilines is 2. The summed E-state index contributed by atoms with van der Waals surface area (Å²) in [6, 6.07) is 13.3. The second-order valence-corrected chi connectivity index (χ2v) is 8.49. The molecule has 0 saturated heterocycles. The summed E-state index contributed by atoms with van der Waals surface area (Å²) in [5.74, 6) is 1.24. The van der Waals surface area contributed by atoms with Gasteiger partial charge in [-0.2, -0.15) is 0 Å². The Morgan fingerprint density at radius 1 is 1.21 bits per heavy atom. The van der Waals surface area contributed by atoms with Crippen molar-refractivity contribution in [2.75, 3.05) is 36.2 Å². The number of thioether (sulfide) groups is 1. The van der Waals surface area contributed by atoms with Gasteiger partial charge in [0.05, 0.1) is 18.6 Å². The Bertz CT molecular complexity index is 1100. The van der Waals surface area contributed by atoms with Crippen molar-refractivity contribution in [1.82, 2.24) is 14.8 Å². The molecule has 33 heavy (non-hydrogen) atoms. The van der Waals surface area contributed by atoms with Crippen molar-refractivity contribution in [2.24, 2.45) is 0 Å². The lowest BCUT2D eigenvalue weighted by Gasteiger charge is -2.21. The Morgan fingerprint density at radius 3 is 2.58 bits per heavy atom. The van der Waals surface area contributed by atoms with Crippen LogP contribution in [0.4, 0.5) is 11.4 Å². The zero-order valence-electron chi connectivity index (χ0n) is 19.0. The molecular formula is C24H28ClN5O2S. The lowest BCUT2D eigenvalue weighted by Crippen LogP contribution is -2.21. The number of benzene rings is 2. The van der Waals surface area contributed by atoms with Crippen LogP contribution in [0.1, 0.15) is 13.8 Å². The third kappa shape index (κ3) is 6.09. The van der Waals surface area contributed by atoms with Crippen LogP contribution in [0.25, 0.3) is 11.4 Å². The molecule has 2 aromatic carbocycles. The highest BCUT2D eigenvalue weighted by Crippen LogP contribution is 2.29. The van der Waals surface area contributed by atoms with Crippen LogP contribution in [-0.4, -0.2) is 46.6 Å². The Morgan fingerprint density at radius 2 is 1.94 bits per heavy atom. The predicted molar refractivity (Wildman–Crippen MR) is 137 cm³/mol. The molecule has 0 aliphatic carbocycles. The molecule has 0 saturated carbocycles. The smallest absolute Gasteiger partial charge is 0.234 e. The van der Waals surface area contributed by atoms with Gasteiger partial charge in [0.15, 0.2) is 11.0 Å². The number of methoxy groups -OCH3 is 1. The van der Waals surface area contributed by atoms with Crippen LogP contribution in [0.15, 0.2) is 60.3 Å². The number of carbonyl (C=O) groups excluding carboxylic acids is 1. The van der Waals surface area contributed by atoms with Gasteiger partial charge in [-0.1, -0.05) is 29.4 Å². The van der Waals surface area contributed by atoms with Gasteiger partial charge >= 0.3 is 0 Å². The number of hydrogen-bond donors (Lipinski definition) is 1. The highest BCUT2D eigenvalue weighted by atomic mass is 35.5. The second kappa shape index (κ2) is 11.8. The molecule has 3 aromatic rings. The second-order valence-electron chi connectivity index (χ2n) is 7.11. The molecule has 174 valence electrons. The van der Waals surface area contributed by atoms with Crippen LogP contribution >= 0.6 is 23.4 Å². The van der Waals surface area contributed by atoms with Gasteiger partial charge in [0.1, 0.15) is 5.75 Å². The van der Waals surface area contributed by atoms with Gasteiger partial charge < -0.3 is 15.0 Å². The van der Waals surface area contributed by atoms with Crippen LogP contribution in [0, 0.1) is 0 Å². The van der Waals surface area contributed by atoms with E-state index in [1.165, 1.54) is 17.4 Å². The zero-order chi connectivity index (χ0) is 23.8. The maximum absolute atomic E-state index is 12.6. The molecule has 0 atom stereocenters. The summed E-state index contributed by atoms with van der Waals surface area (Å²) in [6.07, 6.45) is 1.79. The maximum Gasteiger partial charge on any atom is 0.234 e. The number of ether oxygens (including phenoxy) is 1. The molecule has 0 fully saturated rings. The van der Waals surface area contributed by atoms with Crippen LogP contribution in [-0.2, 0) is 11.3 Å². The normalized spacial score (nSPS) is 10.7. The molecule has 0 radical (unpaired) electrons. The number of amides is 1. The standard InChI is InChI=1S/C24H28ClN5O2S/c1-5-14-30-23(17-8-11-19(12-9-17)29(6-2)7-3)27-28-24(30)33-16-22(31)26-20-15-18(25)10-13-21(20)32-4/h5,8-13,15H,1,6-7,14,16H2,2-4H3,(H,26,31). The molecule has 1 heterocycles. The van der Waals surface area contributed by atoms with Gasteiger partial charge in [-0.15, -0.1) is 16.8 Å². The fourth-order valence-corrected chi connectivity index (χ4v) is 4.33. The third-order valence-electron chi connectivity index (χ3n) is 5.05. The van der Waals surface area contributed by atoms with Crippen molar-refractivity contribution in [3.05, 3.63) is 60.1 Å². The molecule has 0 bridgehead atoms. The molecule has 1 N–H and O–H groups in total. The van der Waals surface area contributed by atoms with Gasteiger partial charge in [0.25, 0.3) is 0 Å². The first kappa shape index (κ1) is 24.7. The summed E-state index contributed by atoms with van der Waals surface area (Å²) in [4.78, 5) is 14.8. The molecule has 0 spiro atoms. The van der Waals surface area contributed by atoms with Gasteiger partial charge in [-0.3, -0.25) is 9.36 Å². The Hall–Kier alpha value is -2.97. The summed E-state index contributed by atoms with van der Waals surface area (Å²) in [5, 5.41) is 12.7. The summed E-state index contributed by atoms with van der Waals surface area (Å²) >= 11 is 7.35. The SMILES string of the molecule is C=CCn1c(SCC(=O)Nc2cc(Cl)ccc2OC)nnc1-c1ccc(N(CC)CC)cc1. The number of carbonyl (C=O) groups is 1. The number of nitrogens with zero attached hydrogens (tertiary/aromatic N) is 4. The average molecular weight is 486 g/mol. The highest BCUT2D eigenvalue weighted by molar-refractivity contribution is 7.99. The summed E-state index contributed by atoms with van der Waals surface area (Å²) in [5.41, 5.74) is 2.65. The van der Waals surface area contributed by atoms with E-state index in [2.05, 4.69) is 53.0 Å². The Labute approximate surface area is 203 Å². The van der Waals surface area contributed by atoms with Crippen molar-refractivity contribution < 1.29 is 9.53 Å². The number of hydrogen-bond acceptors (Lipinski definition) is 6. The lowest BCUT2D eigenvalue weighted by molar-refractivity contribution is -0.113. The van der Waals surface area contributed by atoms with Crippen molar-refractivity contribution in [3.63, 3.8) is 0 Å². The summed E-state index contributed by atoms with van der Waals surface area (Å²) < 4.78 is 7.24. The van der Waals surface area contributed by atoms with Gasteiger partial charge in [-0.05, 0) is 56.3 Å². The predicted octanol–water partition coefficient (Wildman–Crippen LogP) is 5.37. The van der Waals surface area contributed by atoms with Gasteiger partial charge in [0, 0.05) is 35.9 Å². The minimum absolute atomic E-state index is 0.159. The van der Waals surface area contributed by atoms with Crippen LogP contribution in [0.3, 0.4) is 0 Å². The van der Waals surface area contributed by atoms with Crippen molar-refractivity contribution >= 4 is 40.6 Å². The molecular weight excluding hydrogens is 458 g/mol. The van der Waals surface area contributed by atoms with Gasteiger partial charge in [-0.25, -0.2) is 0 Å². The fourth-order valence-electron chi connectivity index (χ4n) is 3.41. The number of nitrogens with one attached hydrogen (secondary N) is 1. The molecule has 7 nitrogen and oxygen atoms in total. The quantitative estimate of drug-likeness (QED) is 0.291. The fraction of sp³-hybridized carbons (Fsp3) is 0.292. The van der Waals surface area contributed by atoms with Crippen LogP contribution in [0.5, 0.6) is 5.75 Å². The Kier molecular flexibility index (Phi) is 8.79. The lowest BCUT2D eigenvalue weighted by atomic mass is 10.2. The van der Waals surface area contributed by atoms with E-state index in [1.807, 2.05) is 16.7 Å². The largest absolute Gasteiger partial charge is 0.495 e. The molecule has 9 heteroatoms. The topological polar surface area (TPSA) is 72.3 Å². The van der Waals surface area contributed by atoms with Crippen LogP contribution < -0.4 is 15.0 Å². The van der Waals surface area contributed by atoms with E-state index in [9.17, 15) is 4.79 Å². The Balaban J connectivity index is 1.74. The first-order valence-electron chi connectivity index (χ1n) is 10.7. The summed E-state index contributed by atoms with van der Waals surface area (Å²) in [6.45, 7) is 10.6. The van der Waals surface area contributed by atoms with E-state index >= 15 is 0 Å². The van der Waals surface area contributed by atoms with E-state index in [0.717, 1.165) is 24.5 Å². The number of halogens is 1. The minimum atomic E-state index is -0.196. The first-order chi connectivity index (χ1) is 16.0.